The van der Waals surface area contributed by atoms with Gasteiger partial charge in [0.1, 0.15) is 5.75 Å². The maximum Gasteiger partial charge on any atom is 0.257 e. The van der Waals surface area contributed by atoms with Gasteiger partial charge in [-0.25, -0.2) is 4.39 Å². The minimum atomic E-state index is -0.442. The molecule has 0 aliphatic rings. The van der Waals surface area contributed by atoms with Crippen molar-refractivity contribution in [2.75, 3.05) is 24.4 Å². The van der Waals surface area contributed by atoms with Crippen LogP contribution in [-0.2, 0) is 4.79 Å². The number of para-hydroxylation sites is 2. The number of halogens is 1. The van der Waals surface area contributed by atoms with Gasteiger partial charge < -0.3 is 20.1 Å². The molecule has 0 heterocycles. The van der Waals surface area contributed by atoms with Crippen LogP contribution >= 0.6 is 0 Å². The lowest BCUT2D eigenvalue weighted by atomic mass is 10.1. The van der Waals surface area contributed by atoms with Crippen molar-refractivity contribution in [1.29, 1.82) is 0 Å². The summed E-state index contributed by atoms with van der Waals surface area (Å²) in [6.07, 6.45) is 0.568. The van der Waals surface area contributed by atoms with Gasteiger partial charge in [0.05, 0.1) is 25.0 Å². The summed E-state index contributed by atoms with van der Waals surface area (Å²) in [6, 6.07) is 19.9. The number of benzene rings is 3. The summed E-state index contributed by atoms with van der Waals surface area (Å²) < 4.78 is 24.0. The highest BCUT2D eigenvalue weighted by Crippen LogP contribution is 2.21. The Kier molecular flexibility index (Phi) is 7.59. The third-order valence-electron chi connectivity index (χ3n) is 4.42. The minimum absolute atomic E-state index is 0.155. The number of carbonyl (C=O) groups is 2. The monoisotopic (exact) mass is 422 g/mol. The Balaban J connectivity index is 1.55. The van der Waals surface area contributed by atoms with Gasteiger partial charge in [-0.3, -0.25) is 9.59 Å². The van der Waals surface area contributed by atoms with Crippen molar-refractivity contribution in [3.63, 3.8) is 0 Å². The average molecular weight is 422 g/mol. The summed E-state index contributed by atoms with van der Waals surface area (Å²) in [5.41, 5.74) is 1.32. The van der Waals surface area contributed by atoms with Crippen LogP contribution in [0.25, 0.3) is 0 Å². The lowest BCUT2D eigenvalue weighted by Crippen LogP contribution is -2.18. The second-order valence-electron chi connectivity index (χ2n) is 6.66. The molecule has 0 aromatic heterocycles. The van der Waals surface area contributed by atoms with E-state index in [-0.39, 0.29) is 30.6 Å². The molecule has 0 saturated carbocycles. The van der Waals surface area contributed by atoms with E-state index >= 15 is 0 Å². The van der Waals surface area contributed by atoms with Crippen molar-refractivity contribution < 1.29 is 23.5 Å². The number of nitrogens with one attached hydrogen (secondary N) is 2. The van der Waals surface area contributed by atoms with Crippen LogP contribution in [0.5, 0.6) is 11.5 Å². The molecule has 3 aromatic rings. The molecule has 3 rings (SSSR count). The van der Waals surface area contributed by atoms with Gasteiger partial charge in [-0.05, 0) is 42.8 Å². The van der Waals surface area contributed by atoms with E-state index in [1.807, 2.05) is 0 Å². The van der Waals surface area contributed by atoms with E-state index in [0.717, 1.165) is 0 Å². The molecule has 0 radical (unpaired) electrons. The molecule has 0 aliphatic carbocycles. The summed E-state index contributed by atoms with van der Waals surface area (Å²) in [5, 5.41) is 5.55. The Morgan fingerprint density at radius 2 is 1.71 bits per heavy atom. The van der Waals surface area contributed by atoms with Gasteiger partial charge in [0.15, 0.2) is 11.6 Å². The summed E-state index contributed by atoms with van der Waals surface area (Å²) in [6.45, 7) is 0.201. The van der Waals surface area contributed by atoms with Crippen molar-refractivity contribution in [2.24, 2.45) is 0 Å². The molecule has 7 heteroatoms. The zero-order valence-electron chi connectivity index (χ0n) is 17.1. The number of rotatable bonds is 9. The molecule has 0 saturated heterocycles. The SMILES string of the molecule is COc1cccc(NC(=O)c2ccccc2NC(=O)CCCOc2ccccc2F)c1. The number of methoxy groups -OCH3 is 1. The molecule has 0 spiro atoms. The molecule has 0 aliphatic heterocycles. The maximum atomic E-state index is 13.5. The van der Waals surface area contributed by atoms with Crippen molar-refractivity contribution >= 4 is 23.2 Å². The number of amides is 2. The van der Waals surface area contributed by atoms with Crippen LogP contribution in [0.2, 0.25) is 0 Å². The zero-order valence-corrected chi connectivity index (χ0v) is 17.1. The van der Waals surface area contributed by atoms with Gasteiger partial charge in [-0.15, -0.1) is 0 Å². The number of anilines is 2. The molecular formula is C24H23FN2O4. The molecule has 31 heavy (non-hydrogen) atoms. The van der Waals surface area contributed by atoms with E-state index in [2.05, 4.69) is 10.6 Å². The van der Waals surface area contributed by atoms with Crippen LogP contribution in [0.15, 0.2) is 72.8 Å². The van der Waals surface area contributed by atoms with Gasteiger partial charge in [0, 0.05) is 18.2 Å². The van der Waals surface area contributed by atoms with Gasteiger partial charge in [-0.2, -0.15) is 0 Å². The van der Waals surface area contributed by atoms with Crippen LogP contribution in [-0.4, -0.2) is 25.5 Å². The van der Waals surface area contributed by atoms with Crippen LogP contribution in [0.3, 0.4) is 0 Å². The number of hydrogen-bond acceptors (Lipinski definition) is 4. The summed E-state index contributed by atoms with van der Waals surface area (Å²) in [4.78, 5) is 25.0. The Morgan fingerprint density at radius 1 is 0.935 bits per heavy atom. The van der Waals surface area contributed by atoms with Crippen molar-refractivity contribution in [2.45, 2.75) is 12.8 Å². The minimum Gasteiger partial charge on any atom is -0.497 e. The lowest BCUT2D eigenvalue weighted by Gasteiger charge is -2.12. The molecular weight excluding hydrogens is 399 g/mol. The Hall–Kier alpha value is -3.87. The highest BCUT2D eigenvalue weighted by atomic mass is 19.1. The lowest BCUT2D eigenvalue weighted by molar-refractivity contribution is -0.116. The fraction of sp³-hybridized carbons (Fsp3) is 0.167. The van der Waals surface area contributed by atoms with E-state index in [9.17, 15) is 14.0 Å². The quantitative estimate of drug-likeness (QED) is 0.482. The molecule has 2 N–H and O–H groups in total. The largest absolute Gasteiger partial charge is 0.497 e. The third-order valence-corrected chi connectivity index (χ3v) is 4.42. The van der Waals surface area contributed by atoms with Crippen LogP contribution < -0.4 is 20.1 Å². The molecule has 0 fully saturated rings. The molecule has 0 unspecified atom stereocenters. The van der Waals surface area contributed by atoms with E-state index in [0.29, 0.717) is 29.1 Å². The summed E-state index contributed by atoms with van der Waals surface area (Å²) in [5.74, 6) is -0.284. The van der Waals surface area contributed by atoms with E-state index in [1.165, 1.54) is 12.1 Å². The predicted molar refractivity (Wildman–Crippen MR) is 117 cm³/mol. The maximum absolute atomic E-state index is 13.5. The Labute approximate surface area is 180 Å². The Morgan fingerprint density at radius 3 is 2.52 bits per heavy atom. The van der Waals surface area contributed by atoms with Crippen LogP contribution in [0, 0.1) is 5.82 Å². The fourth-order valence-corrected chi connectivity index (χ4v) is 2.88. The number of hydrogen-bond donors (Lipinski definition) is 2. The topological polar surface area (TPSA) is 76.7 Å². The van der Waals surface area contributed by atoms with E-state index < -0.39 is 5.82 Å². The average Bonchev–Trinajstić information content (AvgIpc) is 2.78. The second-order valence-corrected chi connectivity index (χ2v) is 6.66. The highest BCUT2D eigenvalue weighted by molar-refractivity contribution is 6.10. The van der Waals surface area contributed by atoms with Crippen LogP contribution in [0.1, 0.15) is 23.2 Å². The van der Waals surface area contributed by atoms with Gasteiger partial charge in [0.25, 0.3) is 5.91 Å². The third kappa shape index (κ3) is 6.30. The molecule has 160 valence electrons. The van der Waals surface area contributed by atoms with Gasteiger partial charge in [-0.1, -0.05) is 30.3 Å². The first-order valence-electron chi connectivity index (χ1n) is 9.78. The van der Waals surface area contributed by atoms with E-state index in [4.69, 9.17) is 9.47 Å². The van der Waals surface area contributed by atoms with Crippen molar-refractivity contribution in [3.05, 3.63) is 84.2 Å². The normalized spacial score (nSPS) is 10.3. The molecule has 6 nitrogen and oxygen atoms in total. The predicted octanol–water partition coefficient (Wildman–Crippen LogP) is 4.88. The molecule has 3 aromatic carbocycles. The molecule has 0 bridgehead atoms. The molecule has 0 atom stereocenters. The van der Waals surface area contributed by atoms with Gasteiger partial charge in [0.2, 0.25) is 5.91 Å². The Bertz CT molecular complexity index is 1060. The number of ether oxygens (including phenoxy) is 2. The second kappa shape index (κ2) is 10.8. The summed E-state index contributed by atoms with van der Waals surface area (Å²) in [7, 11) is 1.55. The first-order valence-corrected chi connectivity index (χ1v) is 9.78. The molecule has 2 amide bonds. The first-order chi connectivity index (χ1) is 15.1. The van der Waals surface area contributed by atoms with Crippen molar-refractivity contribution in [1.82, 2.24) is 0 Å². The van der Waals surface area contributed by atoms with Gasteiger partial charge >= 0.3 is 0 Å². The summed E-state index contributed by atoms with van der Waals surface area (Å²) >= 11 is 0. The van der Waals surface area contributed by atoms with Crippen molar-refractivity contribution in [3.8, 4) is 11.5 Å². The fourth-order valence-electron chi connectivity index (χ4n) is 2.88. The number of carbonyl (C=O) groups excluding carboxylic acids is 2. The smallest absolute Gasteiger partial charge is 0.257 e. The van der Waals surface area contributed by atoms with E-state index in [1.54, 1.807) is 67.8 Å². The first kappa shape index (κ1) is 21.8. The van der Waals surface area contributed by atoms with Crippen LogP contribution in [0.4, 0.5) is 15.8 Å². The standard InChI is InChI=1S/C24H23FN2O4/c1-30-18-9-6-8-17(16-18)26-24(29)19-10-2-4-12-21(19)27-23(28)14-7-15-31-22-13-5-3-11-20(22)25/h2-6,8-13,16H,7,14-15H2,1H3,(H,26,29)(H,27,28). The highest BCUT2D eigenvalue weighted by Gasteiger charge is 2.14. The zero-order chi connectivity index (χ0) is 22.1.